The number of esters is 1. The van der Waals surface area contributed by atoms with Crippen molar-refractivity contribution >= 4 is 11.7 Å². The fraction of sp³-hybridized carbons (Fsp3) is 0.556. The van der Waals surface area contributed by atoms with E-state index in [2.05, 4.69) is 9.73 Å². The Morgan fingerprint density at radius 2 is 2.31 bits per heavy atom. The number of methoxy groups -OCH3 is 1. The van der Waals surface area contributed by atoms with Crippen molar-refractivity contribution in [1.82, 2.24) is 0 Å². The number of ether oxygens (including phenoxy) is 1. The first kappa shape index (κ1) is 9.77. The zero-order valence-electron chi connectivity index (χ0n) is 8.00. The number of rotatable bonds is 1. The third-order valence-corrected chi connectivity index (χ3v) is 1.94. The topological polar surface area (TPSA) is 58.9 Å². The Morgan fingerprint density at radius 3 is 2.77 bits per heavy atom. The van der Waals surface area contributed by atoms with E-state index in [1.807, 2.05) is 6.92 Å². The Balaban J connectivity index is 3.01. The molecule has 0 radical (unpaired) electrons. The molecule has 13 heavy (non-hydrogen) atoms. The molecule has 0 fully saturated rings. The van der Waals surface area contributed by atoms with Gasteiger partial charge in [-0.1, -0.05) is 0 Å². The second-order valence-electron chi connectivity index (χ2n) is 3.08. The lowest BCUT2D eigenvalue weighted by Gasteiger charge is -2.17. The summed E-state index contributed by atoms with van der Waals surface area (Å²) < 4.78 is 4.53. The average molecular weight is 183 g/mol. The van der Waals surface area contributed by atoms with Crippen LogP contribution >= 0.6 is 0 Å². The molecule has 0 amide bonds. The molecule has 1 rings (SSSR count). The van der Waals surface area contributed by atoms with Gasteiger partial charge in [0.2, 0.25) is 0 Å². The summed E-state index contributed by atoms with van der Waals surface area (Å²) in [6, 6.07) is 0.0356. The summed E-state index contributed by atoms with van der Waals surface area (Å²) in [5.74, 6) is -0.447. The summed E-state index contributed by atoms with van der Waals surface area (Å²) in [7, 11) is 1.29. The highest BCUT2D eigenvalue weighted by molar-refractivity contribution is 6.19. The van der Waals surface area contributed by atoms with Crippen LogP contribution in [0.2, 0.25) is 0 Å². The van der Waals surface area contributed by atoms with Crippen LogP contribution in [0, 0.1) is 0 Å². The molecule has 1 atom stereocenters. The first-order chi connectivity index (χ1) is 6.06. The second-order valence-corrected chi connectivity index (χ2v) is 3.08. The van der Waals surface area contributed by atoms with E-state index in [0.29, 0.717) is 12.1 Å². The van der Waals surface area contributed by atoms with Gasteiger partial charge in [0.15, 0.2) is 0 Å². The van der Waals surface area contributed by atoms with Gasteiger partial charge >= 0.3 is 5.97 Å². The van der Waals surface area contributed by atoms with Crippen LogP contribution in [0.4, 0.5) is 0 Å². The highest BCUT2D eigenvalue weighted by Gasteiger charge is 2.24. The van der Waals surface area contributed by atoms with Gasteiger partial charge in [-0.2, -0.15) is 0 Å². The van der Waals surface area contributed by atoms with E-state index in [1.54, 1.807) is 6.92 Å². The maximum Gasteiger partial charge on any atom is 0.343 e. The molecular formula is C9H13NO3. The number of aliphatic hydroxyl groups is 1. The number of nitrogens with zero attached hydrogens (tertiary/aromatic N) is 1. The number of aliphatic hydroxyl groups excluding tert-OH is 1. The van der Waals surface area contributed by atoms with Gasteiger partial charge in [0.25, 0.3) is 0 Å². The highest BCUT2D eigenvalue weighted by atomic mass is 16.5. The summed E-state index contributed by atoms with van der Waals surface area (Å²) in [5.41, 5.74) is 0.753. The van der Waals surface area contributed by atoms with Gasteiger partial charge in [-0.05, 0) is 13.8 Å². The summed E-state index contributed by atoms with van der Waals surface area (Å²) in [6.45, 7) is 3.58. The van der Waals surface area contributed by atoms with Crippen molar-refractivity contribution in [2.24, 2.45) is 4.99 Å². The predicted molar refractivity (Wildman–Crippen MR) is 48.9 cm³/mol. The number of aliphatic imine (C=N–C) groups is 1. The third kappa shape index (κ3) is 1.88. The van der Waals surface area contributed by atoms with Crippen LogP contribution in [-0.2, 0) is 9.53 Å². The van der Waals surface area contributed by atoms with E-state index < -0.39 is 5.97 Å². The van der Waals surface area contributed by atoms with E-state index in [9.17, 15) is 9.90 Å². The SMILES string of the molecule is COC(=O)C1=C(O)C[C@@H](C)N=C1C. The molecule has 0 aromatic carbocycles. The minimum atomic E-state index is -0.523. The molecular weight excluding hydrogens is 170 g/mol. The number of carbonyl (C=O) groups excluding carboxylic acids is 1. The fourth-order valence-electron chi connectivity index (χ4n) is 1.40. The molecule has 0 spiro atoms. The molecule has 1 N–H and O–H groups in total. The lowest BCUT2D eigenvalue weighted by Crippen LogP contribution is -2.22. The molecule has 0 aromatic rings. The summed E-state index contributed by atoms with van der Waals surface area (Å²) in [5, 5.41) is 9.51. The molecule has 4 heteroatoms. The molecule has 4 nitrogen and oxygen atoms in total. The lowest BCUT2D eigenvalue weighted by molar-refractivity contribution is -0.135. The normalized spacial score (nSPS) is 22.7. The van der Waals surface area contributed by atoms with Crippen molar-refractivity contribution < 1.29 is 14.6 Å². The largest absolute Gasteiger partial charge is 0.511 e. The van der Waals surface area contributed by atoms with Crippen molar-refractivity contribution in [2.75, 3.05) is 7.11 Å². The molecule has 0 unspecified atom stereocenters. The standard InChI is InChI=1S/C9H13NO3/c1-5-4-7(11)8(6(2)10-5)9(12)13-3/h5,11H,4H2,1-3H3/t5-/m1/s1. The molecule has 0 aromatic heterocycles. The van der Waals surface area contributed by atoms with Gasteiger partial charge in [-0.3, -0.25) is 4.99 Å². The Labute approximate surface area is 76.9 Å². The van der Waals surface area contributed by atoms with E-state index in [4.69, 9.17) is 0 Å². The van der Waals surface area contributed by atoms with Crippen LogP contribution in [0.25, 0.3) is 0 Å². The van der Waals surface area contributed by atoms with Gasteiger partial charge in [0, 0.05) is 12.1 Å². The minimum Gasteiger partial charge on any atom is -0.511 e. The summed E-state index contributed by atoms with van der Waals surface area (Å²) in [6.07, 6.45) is 0.405. The number of dihydropyridines is 1. The van der Waals surface area contributed by atoms with E-state index in [-0.39, 0.29) is 17.4 Å². The zero-order chi connectivity index (χ0) is 10.0. The molecule has 72 valence electrons. The maximum atomic E-state index is 11.2. The van der Waals surface area contributed by atoms with Crippen LogP contribution in [0.3, 0.4) is 0 Å². The van der Waals surface area contributed by atoms with E-state index in [0.717, 1.165) is 0 Å². The number of hydrogen-bond donors (Lipinski definition) is 1. The number of hydrogen-bond acceptors (Lipinski definition) is 4. The Kier molecular flexibility index (Phi) is 2.70. The molecule has 0 saturated carbocycles. The summed E-state index contributed by atoms with van der Waals surface area (Å²) >= 11 is 0. The number of carbonyl (C=O) groups is 1. The van der Waals surface area contributed by atoms with Crippen molar-refractivity contribution in [2.45, 2.75) is 26.3 Å². The van der Waals surface area contributed by atoms with Crippen molar-refractivity contribution in [3.8, 4) is 0 Å². The Hall–Kier alpha value is -1.32. The van der Waals surface area contributed by atoms with Crippen LogP contribution in [0.5, 0.6) is 0 Å². The molecule has 0 saturated heterocycles. The van der Waals surface area contributed by atoms with Gasteiger partial charge in [0.05, 0.1) is 13.2 Å². The Morgan fingerprint density at radius 1 is 1.69 bits per heavy atom. The van der Waals surface area contributed by atoms with Crippen molar-refractivity contribution in [1.29, 1.82) is 0 Å². The van der Waals surface area contributed by atoms with Gasteiger partial charge in [-0.15, -0.1) is 0 Å². The monoisotopic (exact) mass is 183 g/mol. The molecule has 0 aliphatic carbocycles. The van der Waals surface area contributed by atoms with Gasteiger partial charge in [0.1, 0.15) is 11.3 Å². The zero-order valence-corrected chi connectivity index (χ0v) is 8.00. The molecule has 1 aliphatic rings. The first-order valence-electron chi connectivity index (χ1n) is 4.11. The van der Waals surface area contributed by atoms with E-state index >= 15 is 0 Å². The maximum absolute atomic E-state index is 11.2. The molecule has 1 aliphatic heterocycles. The van der Waals surface area contributed by atoms with Crippen LogP contribution in [0.15, 0.2) is 16.3 Å². The lowest BCUT2D eigenvalue weighted by atomic mass is 10.0. The second kappa shape index (κ2) is 3.60. The first-order valence-corrected chi connectivity index (χ1v) is 4.11. The molecule has 1 heterocycles. The van der Waals surface area contributed by atoms with Crippen LogP contribution in [-0.4, -0.2) is 29.9 Å². The van der Waals surface area contributed by atoms with E-state index in [1.165, 1.54) is 7.11 Å². The van der Waals surface area contributed by atoms with Gasteiger partial charge in [-0.25, -0.2) is 4.79 Å². The van der Waals surface area contributed by atoms with Crippen molar-refractivity contribution in [3.05, 3.63) is 11.3 Å². The van der Waals surface area contributed by atoms with Crippen LogP contribution in [0.1, 0.15) is 20.3 Å². The Bertz CT molecular complexity index is 291. The minimum absolute atomic E-state index is 0.0356. The van der Waals surface area contributed by atoms with Crippen LogP contribution < -0.4 is 0 Å². The van der Waals surface area contributed by atoms with Crippen molar-refractivity contribution in [3.63, 3.8) is 0 Å². The van der Waals surface area contributed by atoms with Gasteiger partial charge < -0.3 is 9.84 Å². The average Bonchev–Trinajstić information content (AvgIpc) is 2.02. The molecule has 0 bridgehead atoms. The fourth-order valence-corrected chi connectivity index (χ4v) is 1.40. The highest BCUT2D eigenvalue weighted by Crippen LogP contribution is 2.19. The third-order valence-electron chi connectivity index (χ3n) is 1.94. The smallest absolute Gasteiger partial charge is 0.343 e. The predicted octanol–water partition coefficient (Wildman–Crippen LogP) is 1.22. The quantitative estimate of drug-likeness (QED) is 0.622. The summed E-state index contributed by atoms with van der Waals surface area (Å²) in [4.78, 5) is 15.4.